The quantitative estimate of drug-likeness (QED) is 0.498. The van der Waals surface area contributed by atoms with Crippen molar-refractivity contribution in [2.45, 2.75) is 35.4 Å². The zero-order chi connectivity index (χ0) is 16.8. The molecule has 120 valence electrons. The summed E-state index contributed by atoms with van der Waals surface area (Å²) in [5, 5.41) is 11.2. The van der Waals surface area contributed by atoms with Crippen molar-refractivity contribution in [3.8, 4) is 0 Å². The van der Waals surface area contributed by atoms with Crippen LogP contribution in [0.4, 0.5) is 18.9 Å². The van der Waals surface area contributed by atoms with Gasteiger partial charge in [0.05, 0.1) is 20.9 Å². The molecule has 1 aliphatic heterocycles. The molecular formula is C11H9F3N2O3S3. The number of halogens is 3. The Morgan fingerprint density at radius 1 is 1.55 bits per heavy atom. The fraction of sp³-hybridized carbons (Fsp3) is 0.364. The van der Waals surface area contributed by atoms with Gasteiger partial charge in [0.15, 0.2) is 0 Å². The Morgan fingerprint density at radius 3 is 2.59 bits per heavy atom. The van der Waals surface area contributed by atoms with E-state index >= 15 is 0 Å². The third-order valence-corrected chi connectivity index (χ3v) is 6.52. The first kappa shape index (κ1) is 17.3. The first-order valence-electron chi connectivity index (χ1n) is 5.91. The fourth-order valence-electron chi connectivity index (χ4n) is 2.05. The lowest BCUT2D eigenvalue weighted by Crippen LogP contribution is -2.17. The second kappa shape index (κ2) is 5.87. The minimum atomic E-state index is -4.82. The summed E-state index contributed by atoms with van der Waals surface area (Å²) in [6.07, 6.45) is -4.58. The number of nitro groups is 1. The van der Waals surface area contributed by atoms with Crippen LogP contribution in [-0.2, 0) is 17.0 Å². The topological polar surface area (TPSA) is 86.2 Å². The Kier molecular flexibility index (Phi) is 4.62. The molecule has 1 aromatic carbocycles. The molecule has 1 aliphatic rings. The van der Waals surface area contributed by atoms with Gasteiger partial charge in [-0.2, -0.15) is 13.2 Å². The Hall–Kier alpha value is -1.04. The van der Waals surface area contributed by atoms with Crippen LogP contribution in [0.25, 0.3) is 0 Å². The molecule has 2 N–H and O–H groups in total. The van der Waals surface area contributed by atoms with E-state index in [2.05, 4.69) is 0 Å². The number of alkyl halides is 3. The van der Waals surface area contributed by atoms with Gasteiger partial charge in [0.25, 0.3) is 5.69 Å². The molecule has 0 amide bonds. The van der Waals surface area contributed by atoms with Crippen molar-refractivity contribution < 1.29 is 22.3 Å². The van der Waals surface area contributed by atoms with Gasteiger partial charge in [-0.3, -0.25) is 10.1 Å². The maximum atomic E-state index is 13.1. The van der Waals surface area contributed by atoms with E-state index in [4.69, 9.17) is 18.0 Å². The molecule has 1 heterocycles. The van der Waals surface area contributed by atoms with Crippen LogP contribution in [0.3, 0.4) is 0 Å². The molecule has 2 unspecified atom stereocenters. The van der Waals surface area contributed by atoms with Crippen molar-refractivity contribution in [1.29, 1.82) is 0 Å². The van der Waals surface area contributed by atoms with E-state index in [1.807, 2.05) is 0 Å². The van der Waals surface area contributed by atoms with Gasteiger partial charge in [-0.25, -0.2) is 4.21 Å². The molecule has 0 radical (unpaired) electrons. The predicted molar refractivity (Wildman–Crippen MR) is 80.2 cm³/mol. The van der Waals surface area contributed by atoms with E-state index in [1.54, 1.807) is 6.92 Å². The van der Waals surface area contributed by atoms with Crippen molar-refractivity contribution in [3.05, 3.63) is 27.3 Å². The number of nitrogens with zero attached hydrogens (tertiary/aromatic N) is 1. The standard InChI is InChI=1S/C11H9F3N2O3S3/c1-2-5(15)7-6(16(17)18)3-4(11(12,13)14)8-9(7)22(19)10(20)21-8/h3,5H,2,15H2,1H3. The number of nitro benzene ring substituents is 1. The third kappa shape index (κ3) is 2.77. The first-order chi connectivity index (χ1) is 10.1. The lowest BCUT2D eigenvalue weighted by molar-refractivity contribution is -0.386. The van der Waals surface area contributed by atoms with E-state index < -0.39 is 39.2 Å². The number of hydrogen-bond donors (Lipinski definition) is 1. The molecular weight excluding hydrogens is 361 g/mol. The van der Waals surface area contributed by atoms with E-state index in [0.717, 1.165) is 0 Å². The second-order valence-corrected chi connectivity index (χ2v) is 7.96. The molecule has 2 rings (SSSR count). The summed E-state index contributed by atoms with van der Waals surface area (Å²) < 4.78 is 51.5. The van der Waals surface area contributed by atoms with Crippen molar-refractivity contribution in [2.24, 2.45) is 5.73 Å². The van der Waals surface area contributed by atoms with Gasteiger partial charge in [0, 0.05) is 17.0 Å². The lowest BCUT2D eigenvalue weighted by atomic mass is 10.0. The molecule has 11 heteroatoms. The molecule has 0 aromatic heterocycles. The van der Waals surface area contributed by atoms with Crippen LogP contribution in [0.15, 0.2) is 15.9 Å². The number of hydrogen-bond acceptors (Lipinski definition) is 6. The van der Waals surface area contributed by atoms with Gasteiger partial charge in [0.1, 0.15) is 14.3 Å². The Bertz CT molecular complexity index is 706. The van der Waals surface area contributed by atoms with Crippen molar-refractivity contribution in [2.75, 3.05) is 0 Å². The lowest BCUT2D eigenvalue weighted by Gasteiger charge is -2.17. The maximum Gasteiger partial charge on any atom is 0.417 e. The summed E-state index contributed by atoms with van der Waals surface area (Å²) in [4.78, 5) is 9.59. The summed E-state index contributed by atoms with van der Waals surface area (Å²) in [6.45, 7) is 1.63. The average Bonchev–Trinajstić information content (AvgIpc) is 2.71. The van der Waals surface area contributed by atoms with Gasteiger partial charge in [-0.15, -0.1) is 0 Å². The highest BCUT2D eigenvalue weighted by molar-refractivity contribution is 8.44. The zero-order valence-electron chi connectivity index (χ0n) is 11.0. The normalized spacial score (nSPS) is 19.1. The van der Waals surface area contributed by atoms with Crippen molar-refractivity contribution >= 4 is 44.0 Å². The van der Waals surface area contributed by atoms with Crippen molar-refractivity contribution in [3.63, 3.8) is 0 Å². The highest BCUT2D eigenvalue weighted by Gasteiger charge is 2.44. The molecule has 0 bridgehead atoms. The summed E-state index contributed by atoms with van der Waals surface area (Å²) >= 11 is 5.35. The Balaban J connectivity index is 2.92. The van der Waals surface area contributed by atoms with Crippen molar-refractivity contribution in [1.82, 2.24) is 0 Å². The number of fused-ring (bicyclic) bond motifs is 1. The largest absolute Gasteiger partial charge is 0.417 e. The summed E-state index contributed by atoms with van der Waals surface area (Å²) in [5.41, 5.74) is 3.67. The van der Waals surface area contributed by atoms with E-state index in [9.17, 15) is 27.5 Å². The van der Waals surface area contributed by atoms with Crippen LogP contribution < -0.4 is 5.73 Å². The van der Waals surface area contributed by atoms with Crippen LogP contribution in [-0.4, -0.2) is 12.7 Å². The smallest absolute Gasteiger partial charge is 0.324 e. The number of thioether (sulfide) groups is 1. The van der Waals surface area contributed by atoms with E-state index in [-0.39, 0.29) is 25.3 Å². The SMILES string of the molecule is CCC(N)c1c([N+](=O)[O-])cc(C(F)(F)F)c2c1S(=O)C(=S)S2. The number of rotatable bonds is 3. The number of nitrogens with two attached hydrogens (primary N) is 1. The summed E-state index contributed by atoms with van der Waals surface area (Å²) in [5.74, 6) is 0. The van der Waals surface area contributed by atoms with Gasteiger partial charge >= 0.3 is 6.18 Å². The third-order valence-electron chi connectivity index (χ3n) is 3.09. The van der Waals surface area contributed by atoms with Crippen LogP contribution in [0, 0.1) is 10.1 Å². The summed E-state index contributed by atoms with van der Waals surface area (Å²) in [6, 6.07) is -0.455. The van der Waals surface area contributed by atoms with Gasteiger partial charge in [-0.05, 0) is 6.42 Å². The molecule has 2 atom stereocenters. The van der Waals surface area contributed by atoms with Crippen LogP contribution in [0.5, 0.6) is 0 Å². The fourth-order valence-corrected chi connectivity index (χ4v) is 5.26. The zero-order valence-corrected chi connectivity index (χ0v) is 13.4. The molecule has 0 spiro atoms. The van der Waals surface area contributed by atoms with Gasteiger partial charge < -0.3 is 5.73 Å². The molecule has 0 fully saturated rings. The average molecular weight is 370 g/mol. The maximum absolute atomic E-state index is 13.1. The van der Waals surface area contributed by atoms with Crippen LogP contribution in [0.2, 0.25) is 0 Å². The van der Waals surface area contributed by atoms with Gasteiger partial charge in [-0.1, -0.05) is 30.9 Å². The number of thiocarbonyl (C=S) groups is 1. The first-order valence-corrected chi connectivity index (χ1v) is 8.28. The molecule has 0 aliphatic carbocycles. The molecule has 22 heavy (non-hydrogen) atoms. The molecule has 1 aromatic rings. The second-order valence-electron chi connectivity index (χ2n) is 4.41. The Labute approximate surface area is 135 Å². The highest BCUT2D eigenvalue weighted by Crippen LogP contribution is 2.50. The van der Waals surface area contributed by atoms with E-state index in [0.29, 0.717) is 17.8 Å². The monoisotopic (exact) mass is 370 g/mol. The Morgan fingerprint density at radius 2 is 2.14 bits per heavy atom. The van der Waals surface area contributed by atoms with E-state index in [1.165, 1.54) is 0 Å². The molecule has 0 saturated heterocycles. The summed E-state index contributed by atoms with van der Waals surface area (Å²) in [7, 11) is -2.04. The predicted octanol–water partition coefficient (Wildman–Crippen LogP) is 3.52. The van der Waals surface area contributed by atoms with Crippen LogP contribution >= 0.6 is 24.0 Å². The van der Waals surface area contributed by atoms with Gasteiger partial charge in [0.2, 0.25) is 0 Å². The minimum absolute atomic E-state index is 0.138. The minimum Gasteiger partial charge on any atom is -0.324 e. The van der Waals surface area contributed by atoms with Crippen LogP contribution in [0.1, 0.15) is 30.5 Å². The molecule has 5 nitrogen and oxygen atoms in total. The highest BCUT2D eigenvalue weighted by atomic mass is 32.3. The molecule has 0 saturated carbocycles. The number of benzene rings is 1.